The maximum absolute atomic E-state index is 8.90. The van der Waals surface area contributed by atoms with E-state index in [1.54, 1.807) is 0 Å². The summed E-state index contributed by atoms with van der Waals surface area (Å²) in [5.74, 6) is 0. The quantitative estimate of drug-likeness (QED) is 0.912. The molecule has 3 nitrogen and oxygen atoms in total. The van der Waals surface area contributed by atoms with Gasteiger partial charge in [0, 0.05) is 18.4 Å². The normalized spacial score (nSPS) is 11.2. The van der Waals surface area contributed by atoms with Crippen LogP contribution in [0.4, 0.5) is 0 Å². The van der Waals surface area contributed by atoms with Crippen molar-refractivity contribution in [3.63, 3.8) is 0 Å². The third kappa shape index (κ3) is 1.68. The average Bonchev–Trinajstić information content (AvgIpc) is 2.59. The number of rotatable bonds is 2. The monoisotopic (exact) mass is 269 g/mol. The number of aromatic nitrogens is 1. The summed E-state index contributed by atoms with van der Waals surface area (Å²) in [7, 11) is 0. The number of aliphatic hydroxyl groups excluding tert-OH is 1. The van der Waals surface area contributed by atoms with Crippen molar-refractivity contribution in [2.24, 2.45) is 0 Å². The van der Waals surface area contributed by atoms with Crippen LogP contribution in [0, 0.1) is 13.8 Å². The summed E-state index contributed by atoms with van der Waals surface area (Å²) in [5.41, 5.74) is 3.93. The van der Waals surface area contributed by atoms with E-state index in [9.17, 15) is 0 Å². The number of nitrogens with zero attached hydrogens (tertiary/aromatic N) is 1. The van der Waals surface area contributed by atoms with Crippen molar-refractivity contribution in [1.82, 2.24) is 5.16 Å². The van der Waals surface area contributed by atoms with E-state index in [-0.39, 0.29) is 6.61 Å². The van der Waals surface area contributed by atoms with Crippen LogP contribution < -0.4 is 0 Å². The molecule has 4 heteroatoms. The van der Waals surface area contributed by atoms with E-state index >= 15 is 0 Å². The van der Waals surface area contributed by atoms with Gasteiger partial charge in [0.15, 0.2) is 5.58 Å². The van der Waals surface area contributed by atoms with Gasteiger partial charge in [0.1, 0.15) is 0 Å². The van der Waals surface area contributed by atoms with Gasteiger partial charge in [0.25, 0.3) is 0 Å². The van der Waals surface area contributed by atoms with E-state index < -0.39 is 0 Å². The number of benzene rings is 1. The smallest absolute Gasteiger partial charge is 0.181 e. The van der Waals surface area contributed by atoms with Crippen LogP contribution in [0.1, 0.15) is 16.8 Å². The number of aryl methyl sites for hydroxylation is 1. The van der Waals surface area contributed by atoms with E-state index in [0.29, 0.717) is 6.42 Å². The third-order valence-corrected chi connectivity index (χ3v) is 3.59. The number of aliphatic hydroxyl groups is 1. The Kier molecular flexibility index (Phi) is 2.80. The Hall–Kier alpha value is -0.870. The molecule has 1 aromatic heterocycles. The van der Waals surface area contributed by atoms with Crippen LogP contribution in [0.3, 0.4) is 0 Å². The Morgan fingerprint density at radius 3 is 2.87 bits per heavy atom. The Morgan fingerprint density at radius 1 is 1.47 bits per heavy atom. The summed E-state index contributed by atoms with van der Waals surface area (Å²) in [6, 6.07) is 2.05. The molecule has 0 bridgehead atoms. The van der Waals surface area contributed by atoms with Crippen molar-refractivity contribution in [2.45, 2.75) is 20.3 Å². The van der Waals surface area contributed by atoms with Gasteiger partial charge in [-0.25, -0.2) is 0 Å². The van der Waals surface area contributed by atoms with Crippen molar-refractivity contribution < 1.29 is 9.63 Å². The molecular formula is C11H12BrNO2. The summed E-state index contributed by atoms with van der Waals surface area (Å²) in [6.45, 7) is 4.18. The minimum absolute atomic E-state index is 0.0895. The van der Waals surface area contributed by atoms with E-state index in [1.807, 2.05) is 6.92 Å². The molecule has 15 heavy (non-hydrogen) atoms. The van der Waals surface area contributed by atoms with Crippen LogP contribution in [0.25, 0.3) is 11.0 Å². The number of halogens is 1. The van der Waals surface area contributed by atoms with Crippen LogP contribution in [-0.2, 0) is 6.42 Å². The molecule has 0 aliphatic heterocycles. The Morgan fingerprint density at radius 2 is 2.20 bits per heavy atom. The second kappa shape index (κ2) is 3.94. The van der Waals surface area contributed by atoms with Crippen molar-refractivity contribution in [3.05, 3.63) is 27.4 Å². The van der Waals surface area contributed by atoms with E-state index in [0.717, 1.165) is 26.7 Å². The SMILES string of the molecule is Cc1cc2c(CCO)noc2c(Br)c1C. The topological polar surface area (TPSA) is 46.3 Å². The molecular weight excluding hydrogens is 258 g/mol. The zero-order chi connectivity index (χ0) is 11.0. The highest BCUT2D eigenvalue weighted by Crippen LogP contribution is 2.31. The van der Waals surface area contributed by atoms with Gasteiger partial charge in [-0.05, 0) is 47.0 Å². The lowest BCUT2D eigenvalue weighted by Gasteiger charge is -2.02. The fourth-order valence-corrected chi connectivity index (χ4v) is 2.19. The number of hydrogen-bond acceptors (Lipinski definition) is 3. The number of fused-ring (bicyclic) bond motifs is 1. The lowest BCUT2D eigenvalue weighted by atomic mass is 10.1. The molecule has 1 aromatic carbocycles. The highest BCUT2D eigenvalue weighted by molar-refractivity contribution is 9.10. The summed E-state index contributed by atoms with van der Waals surface area (Å²) in [6.07, 6.45) is 0.530. The van der Waals surface area contributed by atoms with Gasteiger partial charge in [-0.1, -0.05) is 5.16 Å². The Bertz CT molecular complexity index is 505. The first-order valence-corrected chi connectivity index (χ1v) is 5.59. The Balaban J connectivity index is 2.71. The van der Waals surface area contributed by atoms with Gasteiger partial charge in [0.05, 0.1) is 10.2 Å². The lowest BCUT2D eigenvalue weighted by molar-refractivity contribution is 0.295. The van der Waals surface area contributed by atoms with Gasteiger partial charge in [0.2, 0.25) is 0 Å². The molecule has 1 heterocycles. The van der Waals surface area contributed by atoms with Crippen molar-refractivity contribution in [3.8, 4) is 0 Å². The third-order valence-electron chi connectivity index (χ3n) is 2.63. The fourth-order valence-electron chi connectivity index (χ4n) is 1.59. The first-order chi connectivity index (χ1) is 7.15. The maximum Gasteiger partial charge on any atom is 0.181 e. The van der Waals surface area contributed by atoms with Gasteiger partial charge in [-0.2, -0.15) is 0 Å². The lowest BCUT2D eigenvalue weighted by Crippen LogP contribution is -1.91. The number of hydrogen-bond donors (Lipinski definition) is 1. The summed E-state index contributed by atoms with van der Waals surface area (Å²) >= 11 is 3.50. The Labute approximate surface area is 96.2 Å². The predicted molar refractivity (Wildman–Crippen MR) is 62.0 cm³/mol. The molecule has 0 spiro atoms. The van der Waals surface area contributed by atoms with Crippen LogP contribution in [0.5, 0.6) is 0 Å². The van der Waals surface area contributed by atoms with Crippen LogP contribution in [0.2, 0.25) is 0 Å². The van der Waals surface area contributed by atoms with Gasteiger partial charge in [-0.15, -0.1) is 0 Å². The molecule has 0 radical (unpaired) electrons. The molecule has 2 aromatic rings. The molecule has 0 saturated heterocycles. The van der Waals surface area contributed by atoms with Crippen molar-refractivity contribution in [2.75, 3.05) is 6.61 Å². The molecule has 0 aliphatic carbocycles. The molecule has 0 fully saturated rings. The zero-order valence-corrected chi connectivity index (χ0v) is 10.3. The van der Waals surface area contributed by atoms with Crippen LogP contribution in [0.15, 0.2) is 15.1 Å². The fraction of sp³-hybridized carbons (Fsp3) is 0.364. The minimum atomic E-state index is 0.0895. The van der Waals surface area contributed by atoms with Gasteiger partial charge in [-0.3, -0.25) is 0 Å². The standard InChI is InChI=1S/C11H12BrNO2/c1-6-5-8-9(3-4-14)13-15-11(8)10(12)7(6)2/h5,14H,3-4H2,1-2H3. The first kappa shape index (κ1) is 10.6. The van der Waals surface area contributed by atoms with Crippen molar-refractivity contribution in [1.29, 1.82) is 0 Å². The minimum Gasteiger partial charge on any atom is -0.396 e. The van der Waals surface area contributed by atoms with E-state index in [4.69, 9.17) is 9.63 Å². The van der Waals surface area contributed by atoms with E-state index in [1.165, 1.54) is 5.56 Å². The molecule has 0 saturated carbocycles. The average molecular weight is 270 g/mol. The van der Waals surface area contributed by atoms with Gasteiger partial charge >= 0.3 is 0 Å². The molecule has 2 rings (SSSR count). The summed E-state index contributed by atoms with van der Waals surface area (Å²) < 4.78 is 6.21. The zero-order valence-electron chi connectivity index (χ0n) is 8.67. The highest BCUT2D eigenvalue weighted by Gasteiger charge is 2.13. The molecule has 0 amide bonds. The van der Waals surface area contributed by atoms with Crippen LogP contribution >= 0.6 is 15.9 Å². The van der Waals surface area contributed by atoms with Crippen LogP contribution in [-0.4, -0.2) is 16.9 Å². The summed E-state index contributed by atoms with van der Waals surface area (Å²) in [5, 5.41) is 13.8. The van der Waals surface area contributed by atoms with Crippen molar-refractivity contribution >= 4 is 26.9 Å². The largest absolute Gasteiger partial charge is 0.396 e. The molecule has 80 valence electrons. The molecule has 0 atom stereocenters. The molecule has 1 N–H and O–H groups in total. The molecule has 0 aliphatic rings. The molecule has 0 unspecified atom stereocenters. The second-order valence-corrected chi connectivity index (χ2v) is 4.41. The predicted octanol–water partition coefficient (Wildman–Crippen LogP) is 2.74. The summed E-state index contributed by atoms with van der Waals surface area (Å²) in [4.78, 5) is 0. The van der Waals surface area contributed by atoms with Gasteiger partial charge < -0.3 is 9.63 Å². The first-order valence-electron chi connectivity index (χ1n) is 4.80. The second-order valence-electron chi connectivity index (χ2n) is 3.61. The maximum atomic E-state index is 8.90. The highest BCUT2D eigenvalue weighted by atomic mass is 79.9. The van der Waals surface area contributed by atoms with E-state index in [2.05, 4.69) is 34.1 Å².